The lowest BCUT2D eigenvalue weighted by Crippen LogP contribution is -2.48. The first-order valence-corrected chi connectivity index (χ1v) is 9.14. The maximum absolute atomic E-state index is 12.8. The molecule has 6 heteroatoms. The van der Waals surface area contributed by atoms with E-state index in [1.54, 1.807) is 12.1 Å². The first kappa shape index (κ1) is 17.2. The Morgan fingerprint density at radius 1 is 1.12 bits per heavy atom. The minimum atomic E-state index is -0.0135. The number of carbonyl (C=O) groups excluding carboxylic acids is 1. The van der Waals surface area contributed by atoms with Crippen molar-refractivity contribution in [3.63, 3.8) is 0 Å². The minimum Gasteiger partial charge on any atom is -0.454 e. The summed E-state index contributed by atoms with van der Waals surface area (Å²) in [4.78, 5) is 17.1. The molecule has 136 valence electrons. The van der Waals surface area contributed by atoms with Crippen LogP contribution in [0, 0.1) is 6.92 Å². The van der Waals surface area contributed by atoms with Crippen molar-refractivity contribution in [1.82, 2.24) is 9.80 Å². The number of aryl methyl sites for hydroxylation is 1. The highest BCUT2D eigenvalue weighted by Crippen LogP contribution is 2.40. The van der Waals surface area contributed by atoms with E-state index in [0.29, 0.717) is 35.2 Å². The van der Waals surface area contributed by atoms with Crippen molar-refractivity contribution in [2.45, 2.75) is 13.5 Å². The van der Waals surface area contributed by atoms with Gasteiger partial charge >= 0.3 is 0 Å². The molecule has 2 aliphatic rings. The molecule has 5 nitrogen and oxygen atoms in total. The van der Waals surface area contributed by atoms with Crippen molar-refractivity contribution in [3.05, 3.63) is 58.1 Å². The van der Waals surface area contributed by atoms with Gasteiger partial charge in [-0.1, -0.05) is 41.4 Å². The summed E-state index contributed by atoms with van der Waals surface area (Å²) < 4.78 is 10.7. The summed E-state index contributed by atoms with van der Waals surface area (Å²) in [5, 5.41) is 0.418. The number of piperazine rings is 1. The number of benzene rings is 2. The lowest BCUT2D eigenvalue weighted by atomic mass is 10.1. The molecule has 0 radical (unpaired) electrons. The van der Waals surface area contributed by atoms with Crippen LogP contribution in [0.4, 0.5) is 0 Å². The van der Waals surface area contributed by atoms with E-state index in [-0.39, 0.29) is 12.7 Å². The average molecular weight is 373 g/mol. The third kappa shape index (κ3) is 3.50. The number of hydrogen-bond acceptors (Lipinski definition) is 4. The van der Waals surface area contributed by atoms with Crippen LogP contribution >= 0.6 is 11.6 Å². The van der Waals surface area contributed by atoms with Crippen LogP contribution in [0.2, 0.25) is 5.02 Å². The van der Waals surface area contributed by atoms with Crippen molar-refractivity contribution in [2.24, 2.45) is 0 Å². The quantitative estimate of drug-likeness (QED) is 0.828. The van der Waals surface area contributed by atoms with Crippen LogP contribution < -0.4 is 9.47 Å². The molecule has 0 aliphatic carbocycles. The number of carbonyl (C=O) groups is 1. The molecule has 1 saturated heterocycles. The molecule has 0 bridgehead atoms. The number of nitrogens with zero attached hydrogens (tertiary/aromatic N) is 2. The lowest BCUT2D eigenvalue weighted by molar-refractivity contribution is 0.0628. The Balaban J connectivity index is 1.39. The molecule has 0 aromatic heterocycles. The smallest absolute Gasteiger partial charge is 0.254 e. The van der Waals surface area contributed by atoms with E-state index in [1.807, 2.05) is 4.90 Å². The minimum absolute atomic E-state index is 0.0135. The van der Waals surface area contributed by atoms with Gasteiger partial charge in [-0.2, -0.15) is 0 Å². The lowest BCUT2D eigenvalue weighted by Gasteiger charge is -2.35. The maximum atomic E-state index is 12.8. The van der Waals surface area contributed by atoms with Crippen LogP contribution in [0.5, 0.6) is 11.5 Å². The fourth-order valence-corrected chi connectivity index (χ4v) is 3.72. The molecule has 2 aromatic rings. The molecule has 0 saturated carbocycles. The summed E-state index contributed by atoms with van der Waals surface area (Å²) in [6.07, 6.45) is 0. The second kappa shape index (κ2) is 7.17. The number of fused-ring (bicyclic) bond motifs is 1. The van der Waals surface area contributed by atoms with Gasteiger partial charge in [-0.05, 0) is 24.6 Å². The third-order valence-corrected chi connectivity index (χ3v) is 5.10. The molecule has 4 rings (SSSR count). The van der Waals surface area contributed by atoms with Crippen molar-refractivity contribution in [1.29, 1.82) is 0 Å². The fourth-order valence-electron chi connectivity index (χ4n) is 3.45. The third-order valence-electron chi connectivity index (χ3n) is 4.82. The zero-order valence-corrected chi connectivity index (χ0v) is 15.5. The second-order valence-corrected chi connectivity index (χ2v) is 7.16. The van der Waals surface area contributed by atoms with Crippen molar-refractivity contribution in [3.8, 4) is 11.5 Å². The van der Waals surface area contributed by atoms with Crippen LogP contribution in [-0.2, 0) is 6.54 Å². The molecule has 1 amide bonds. The molecule has 0 N–H and O–H groups in total. The molecule has 0 atom stereocenters. The molecule has 1 fully saturated rings. The van der Waals surface area contributed by atoms with E-state index in [4.69, 9.17) is 21.1 Å². The Hall–Kier alpha value is -2.24. The van der Waals surface area contributed by atoms with Crippen LogP contribution in [0.1, 0.15) is 21.5 Å². The van der Waals surface area contributed by atoms with Crippen LogP contribution in [0.15, 0.2) is 36.4 Å². The topological polar surface area (TPSA) is 42.0 Å². The van der Waals surface area contributed by atoms with Gasteiger partial charge in [0, 0.05) is 38.3 Å². The van der Waals surface area contributed by atoms with Gasteiger partial charge in [-0.25, -0.2) is 0 Å². The fraction of sp³-hybridized carbons (Fsp3) is 0.350. The van der Waals surface area contributed by atoms with Gasteiger partial charge < -0.3 is 14.4 Å². The van der Waals surface area contributed by atoms with Gasteiger partial charge in [0.1, 0.15) is 0 Å². The van der Waals surface area contributed by atoms with Crippen LogP contribution in [0.3, 0.4) is 0 Å². The van der Waals surface area contributed by atoms with Crippen molar-refractivity contribution >= 4 is 17.5 Å². The summed E-state index contributed by atoms with van der Waals surface area (Å²) in [5.74, 6) is 1.05. The summed E-state index contributed by atoms with van der Waals surface area (Å²) in [6, 6.07) is 11.9. The van der Waals surface area contributed by atoms with Gasteiger partial charge in [-0.3, -0.25) is 9.69 Å². The number of hydrogen-bond donors (Lipinski definition) is 0. The van der Waals surface area contributed by atoms with E-state index in [2.05, 4.69) is 36.1 Å². The molecule has 0 spiro atoms. The second-order valence-electron chi connectivity index (χ2n) is 6.75. The first-order chi connectivity index (χ1) is 12.6. The van der Waals surface area contributed by atoms with Crippen LogP contribution in [0.25, 0.3) is 0 Å². The summed E-state index contributed by atoms with van der Waals surface area (Å²) in [6.45, 7) is 6.30. The zero-order chi connectivity index (χ0) is 18.1. The number of ether oxygens (including phenoxy) is 2. The van der Waals surface area contributed by atoms with Crippen LogP contribution in [-0.4, -0.2) is 48.7 Å². The predicted molar refractivity (Wildman–Crippen MR) is 99.9 cm³/mol. The molecule has 2 aromatic carbocycles. The summed E-state index contributed by atoms with van der Waals surface area (Å²) in [5.41, 5.74) is 3.13. The highest BCUT2D eigenvalue weighted by atomic mass is 35.5. The maximum Gasteiger partial charge on any atom is 0.254 e. The molecule has 2 aliphatic heterocycles. The van der Waals surface area contributed by atoms with E-state index in [1.165, 1.54) is 11.1 Å². The first-order valence-electron chi connectivity index (χ1n) is 8.76. The Kier molecular flexibility index (Phi) is 4.74. The molecular weight excluding hydrogens is 352 g/mol. The van der Waals surface area contributed by atoms with Gasteiger partial charge in [0.25, 0.3) is 5.91 Å². The molecule has 26 heavy (non-hydrogen) atoms. The predicted octanol–water partition coefficient (Wildman–Crippen LogP) is 3.34. The van der Waals surface area contributed by atoms with E-state index >= 15 is 0 Å². The Morgan fingerprint density at radius 3 is 2.69 bits per heavy atom. The summed E-state index contributed by atoms with van der Waals surface area (Å²) in [7, 11) is 0. The zero-order valence-electron chi connectivity index (χ0n) is 14.7. The van der Waals surface area contributed by atoms with E-state index < -0.39 is 0 Å². The number of amides is 1. The van der Waals surface area contributed by atoms with Gasteiger partial charge in [0.05, 0.1) is 5.02 Å². The van der Waals surface area contributed by atoms with Crippen molar-refractivity contribution < 1.29 is 14.3 Å². The standard InChI is InChI=1S/C20H21ClN2O3/c1-14-3-2-4-15(9-14)12-22-5-7-23(8-6-22)20(24)16-10-17(21)19-18(11-16)25-13-26-19/h2-4,9-11H,5-8,12-13H2,1H3. The largest absolute Gasteiger partial charge is 0.454 e. The van der Waals surface area contributed by atoms with Gasteiger partial charge in [0.15, 0.2) is 11.5 Å². The monoisotopic (exact) mass is 372 g/mol. The highest BCUT2D eigenvalue weighted by Gasteiger charge is 2.25. The Labute approximate surface area is 158 Å². The molecular formula is C20H21ClN2O3. The SMILES string of the molecule is Cc1cccc(CN2CCN(C(=O)c3cc(Cl)c4c(c3)OCO4)CC2)c1. The van der Waals surface area contributed by atoms with E-state index in [9.17, 15) is 4.79 Å². The summed E-state index contributed by atoms with van der Waals surface area (Å²) >= 11 is 6.20. The Bertz CT molecular complexity index is 832. The molecule has 2 heterocycles. The normalized spacial score (nSPS) is 16.8. The van der Waals surface area contributed by atoms with Gasteiger partial charge in [-0.15, -0.1) is 0 Å². The highest BCUT2D eigenvalue weighted by molar-refractivity contribution is 6.32. The average Bonchev–Trinajstić information content (AvgIpc) is 3.11. The van der Waals surface area contributed by atoms with Crippen molar-refractivity contribution in [2.75, 3.05) is 33.0 Å². The number of rotatable bonds is 3. The number of halogens is 1. The van der Waals surface area contributed by atoms with Gasteiger partial charge in [0.2, 0.25) is 6.79 Å². The Morgan fingerprint density at radius 2 is 1.92 bits per heavy atom. The van der Waals surface area contributed by atoms with E-state index in [0.717, 1.165) is 19.6 Å². The molecule has 0 unspecified atom stereocenters.